The zero-order valence-electron chi connectivity index (χ0n) is 13.9. The predicted octanol–water partition coefficient (Wildman–Crippen LogP) is 2.47. The highest BCUT2D eigenvalue weighted by atomic mass is 32.2. The van der Waals surface area contributed by atoms with Gasteiger partial charge < -0.3 is 4.74 Å². The molecule has 1 heterocycles. The largest absolute Gasteiger partial charge is 0.465 e. The molecule has 7 heteroatoms. The van der Waals surface area contributed by atoms with Crippen molar-refractivity contribution in [3.8, 4) is 0 Å². The molecule has 1 aromatic heterocycles. The first-order valence-electron chi connectivity index (χ1n) is 6.97. The molecule has 0 amide bonds. The molecule has 0 saturated heterocycles. The van der Waals surface area contributed by atoms with Gasteiger partial charge in [0.25, 0.3) is 0 Å². The van der Waals surface area contributed by atoms with Crippen molar-refractivity contribution in [2.24, 2.45) is 0 Å². The summed E-state index contributed by atoms with van der Waals surface area (Å²) in [7, 11) is -2.20. The summed E-state index contributed by atoms with van der Waals surface area (Å²) in [4.78, 5) is 25.8. The number of methoxy groups -OCH3 is 1. The third-order valence-corrected chi connectivity index (χ3v) is 4.34. The topological polar surface area (TPSA) is 90.4 Å². The Balaban J connectivity index is 0.000000272. The van der Waals surface area contributed by atoms with Gasteiger partial charge in [-0.2, -0.15) is 0 Å². The molecule has 0 atom stereocenters. The minimum Gasteiger partial charge on any atom is -0.465 e. The zero-order valence-corrected chi connectivity index (χ0v) is 14.8. The average molecular weight is 349 g/mol. The molecule has 24 heavy (non-hydrogen) atoms. The van der Waals surface area contributed by atoms with Crippen molar-refractivity contribution in [3.05, 3.63) is 59.4 Å². The number of benzene rings is 1. The van der Waals surface area contributed by atoms with Gasteiger partial charge >= 0.3 is 5.97 Å². The molecular formula is C17H19NO5S. The molecule has 1 aromatic carbocycles. The maximum atomic E-state index is 11.5. The van der Waals surface area contributed by atoms with Gasteiger partial charge in [0.05, 0.1) is 17.6 Å². The lowest BCUT2D eigenvalue weighted by molar-refractivity contribution is 0.0596. The second-order valence-electron chi connectivity index (χ2n) is 5.01. The number of sulfone groups is 1. The van der Waals surface area contributed by atoms with Crippen LogP contribution in [0.1, 0.15) is 33.2 Å². The number of hydrogen-bond acceptors (Lipinski definition) is 6. The van der Waals surface area contributed by atoms with E-state index in [0.29, 0.717) is 11.1 Å². The number of carbonyl (C=O) groups is 2. The summed E-state index contributed by atoms with van der Waals surface area (Å²) < 4.78 is 27.5. The minimum atomic E-state index is -3.42. The van der Waals surface area contributed by atoms with E-state index in [-0.39, 0.29) is 16.2 Å². The fourth-order valence-corrected chi connectivity index (χ4v) is 3.19. The highest BCUT2D eigenvalue weighted by Crippen LogP contribution is 2.20. The Bertz CT molecular complexity index is 829. The summed E-state index contributed by atoms with van der Waals surface area (Å²) >= 11 is 0. The van der Waals surface area contributed by atoms with Gasteiger partial charge in [-0.25, -0.2) is 13.2 Å². The molecule has 128 valence electrons. The van der Waals surface area contributed by atoms with Crippen LogP contribution in [0.15, 0.2) is 47.6 Å². The van der Waals surface area contributed by atoms with Crippen LogP contribution in [0.5, 0.6) is 0 Å². The van der Waals surface area contributed by atoms with Crippen molar-refractivity contribution in [1.29, 1.82) is 0 Å². The number of hydrogen-bond donors (Lipinski definition) is 0. The van der Waals surface area contributed by atoms with Gasteiger partial charge in [0, 0.05) is 24.2 Å². The average Bonchev–Trinajstić information content (AvgIpc) is 2.54. The molecule has 2 aromatic rings. The summed E-state index contributed by atoms with van der Waals surface area (Å²) in [6, 6.07) is 8.19. The lowest BCUT2D eigenvalue weighted by Gasteiger charge is -2.08. The van der Waals surface area contributed by atoms with Crippen LogP contribution in [0.4, 0.5) is 0 Å². The van der Waals surface area contributed by atoms with E-state index in [9.17, 15) is 18.0 Å². The van der Waals surface area contributed by atoms with E-state index in [2.05, 4.69) is 9.72 Å². The van der Waals surface area contributed by atoms with Crippen LogP contribution < -0.4 is 0 Å². The maximum absolute atomic E-state index is 11.5. The normalized spacial score (nSPS) is 10.3. The molecule has 0 aliphatic carbocycles. The van der Waals surface area contributed by atoms with Gasteiger partial charge in [-0.1, -0.05) is 12.1 Å². The lowest BCUT2D eigenvalue weighted by atomic mass is 10.1. The number of esters is 1. The summed E-state index contributed by atoms with van der Waals surface area (Å²) in [5.41, 5.74) is 1.29. The van der Waals surface area contributed by atoms with Gasteiger partial charge in [0.15, 0.2) is 15.6 Å². The van der Waals surface area contributed by atoms with Crippen molar-refractivity contribution < 1.29 is 22.7 Å². The molecular weight excluding hydrogens is 330 g/mol. The minimum absolute atomic E-state index is 0.0388. The van der Waals surface area contributed by atoms with Crippen LogP contribution in [-0.4, -0.2) is 38.5 Å². The first kappa shape index (κ1) is 19.5. The van der Waals surface area contributed by atoms with E-state index < -0.39 is 15.8 Å². The van der Waals surface area contributed by atoms with Crippen LogP contribution in [0.25, 0.3) is 0 Å². The summed E-state index contributed by atoms with van der Waals surface area (Å²) in [5, 5.41) is 0. The number of rotatable bonds is 3. The summed E-state index contributed by atoms with van der Waals surface area (Å²) in [6.07, 6.45) is 4.27. The fraction of sp³-hybridized carbons (Fsp3) is 0.235. The van der Waals surface area contributed by atoms with Gasteiger partial charge in [-0.3, -0.25) is 9.78 Å². The number of ether oxygens (including phenoxy) is 1. The Morgan fingerprint density at radius 2 is 1.79 bits per heavy atom. The third-order valence-electron chi connectivity index (χ3n) is 3.06. The van der Waals surface area contributed by atoms with Crippen LogP contribution in [0.3, 0.4) is 0 Å². The molecule has 0 spiro atoms. The Morgan fingerprint density at radius 3 is 2.21 bits per heavy atom. The first-order chi connectivity index (χ1) is 11.2. The second-order valence-corrected chi connectivity index (χ2v) is 6.97. The molecule has 0 saturated carbocycles. The molecule has 0 radical (unpaired) electrons. The molecule has 0 N–H and O–H groups in total. The van der Waals surface area contributed by atoms with Gasteiger partial charge in [-0.15, -0.1) is 0 Å². The standard InChI is InChI=1S/C10H12O4S.C7H7NO/c1-7-5-4-6-8(10(11)14-2)9(7)15(3,12)13;1-6(9)7-3-2-4-8-5-7/h4-6H,1-3H3;2-5H,1H3. The van der Waals surface area contributed by atoms with Crippen LogP contribution in [-0.2, 0) is 14.6 Å². The Morgan fingerprint density at radius 1 is 1.12 bits per heavy atom. The van der Waals surface area contributed by atoms with Crippen LogP contribution >= 0.6 is 0 Å². The zero-order chi connectivity index (χ0) is 18.3. The van der Waals surface area contributed by atoms with Crippen LogP contribution in [0.2, 0.25) is 0 Å². The Kier molecular flexibility index (Phi) is 6.79. The third kappa shape index (κ3) is 5.27. The maximum Gasteiger partial charge on any atom is 0.339 e. The monoisotopic (exact) mass is 349 g/mol. The number of aromatic nitrogens is 1. The number of nitrogens with zero attached hydrogens (tertiary/aromatic N) is 1. The highest BCUT2D eigenvalue weighted by Gasteiger charge is 2.20. The van der Waals surface area contributed by atoms with Crippen molar-refractivity contribution in [2.45, 2.75) is 18.7 Å². The van der Waals surface area contributed by atoms with Crippen molar-refractivity contribution in [2.75, 3.05) is 13.4 Å². The van der Waals surface area contributed by atoms with E-state index in [1.54, 1.807) is 43.6 Å². The Labute approximate surface area is 141 Å². The number of ketones is 1. The molecule has 0 aliphatic rings. The molecule has 0 unspecified atom stereocenters. The SMILES string of the molecule is CC(=O)c1cccnc1.COC(=O)c1cccc(C)c1S(C)(=O)=O. The van der Waals surface area contributed by atoms with Crippen LogP contribution in [0, 0.1) is 6.92 Å². The highest BCUT2D eigenvalue weighted by molar-refractivity contribution is 7.90. The Hall–Kier alpha value is -2.54. The van der Waals surface area contributed by atoms with Gasteiger partial charge in [0.1, 0.15) is 0 Å². The summed E-state index contributed by atoms with van der Waals surface area (Å²) in [6.45, 7) is 3.17. The fourth-order valence-electron chi connectivity index (χ4n) is 1.99. The van der Waals surface area contributed by atoms with E-state index in [0.717, 1.165) is 6.26 Å². The molecule has 6 nitrogen and oxygen atoms in total. The van der Waals surface area contributed by atoms with Gasteiger partial charge in [0.2, 0.25) is 0 Å². The quantitative estimate of drug-likeness (QED) is 0.624. The van der Waals surface area contributed by atoms with Crippen molar-refractivity contribution >= 4 is 21.6 Å². The number of pyridine rings is 1. The van der Waals surface area contributed by atoms with E-state index >= 15 is 0 Å². The van der Waals surface area contributed by atoms with Crippen molar-refractivity contribution in [3.63, 3.8) is 0 Å². The first-order valence-corrected chi connectivity index (χ1v) is 8.86. The molecule has 0 aliphatic heterocycles. The van der Waals surface area contributed by atoms with E-state index in [1.807, 2.05) is 0 Å². The predicted molar refractivity (Wildman–Crippen MR) is 89.9 cm³/mol. The lowest BCUT2D eigenvalue weighted by Crippen LogP contribution is -2.11. The number of Topliss-reactive ketones (excluding diaryl/α,β-unsaturated/α-hetero) is 1. The number of aryl methyl sites for hydroxylation is 1. The second kappa shape index (κ2) is 8.35. The molecule has 2 rings (SSSR count). The smallest absolute Gasteiger partial charge is 0.339 e. The van der Waals surface area contributed by atoms with Crippen molar-refractivity contribution in [1.82, 2.24) is 4.98 Å². The number of carbonyl (C=O) groups excluding carboxylic acids is 2. The molecule has 0 bridgehead atoms. The molecule has 0 fully saturated rings. The van der Waals surface area contributed by atoms with E-state index in [4.69, 9.17) is 0 Å². The van der Waals surface area contributed by atoms with E-state index in [1.165, 1.54) is 20.1 Å². The summed E-state index contributed by atoms with van der Waals surface area (Å²) in [5.74, 6) is -0.581. The van der Waals surface area contributed by atoms with Gasteiger partial charge in [-0.05, 0) is 37.6 Å².